The highest BCUT2D eigenvalue weighted by Crippen LogP contribution is 2.56. The Hall–Kier alpha value is -0.863. The first kappa shape index (κ1) is 31.7. The molecule has 1 aliphatic rings. The number of rotatable bonds is 15. The lowest BCUT2D eigenvalue weighted by Gasteiger charge is -2.36. The largest absolute Gasteiger partial charge is 0.0776 e. The zero-order chi connectivity index (χ0) is 28.1. The Morgan fingerprint density at radius 2 is 1.24 bits per heavy atom. The Morgan fingerprint density at radius 3 is 1.74 bits per heavy atom. The van der Waals surface area contributed by atoms with Crippen molar-refractivity contribution in [2.24, 2.45) is 23.7 Å². The summed E-state index contributed by atoms with van der Waals surface area (Å²) >= 11 is 4.08. The molecule has 0 N–H and O–H groups in total. The fraction of sp³-hybridized carbons (Fsp3) is 0.667. The van der Waals surface area contributed by atoms with E-state index in [9.17, 15) is 0 Å². The summed E-state index contributed by atoms with van der Waals surface area (Å²) in [5.41, 5.74) is 6.34. The van der Waals surface area contributed by atoms with Crippen molar-refractivity contribution in [1.29, 1.82) is 0 Å². The lowest BCUT2D eigenvalue weighted by Crippen LogP contribution is -2.39. The van der Waals surface area contributed by atoms with Gasteiger partial charge in [0.05, 0.1) is 8.07 Å². The molecular weight excluding hydrogens is 540 g/mol. The minimum atomic E-state index is -1.41. The number of hydrogen-bond acceptors (Lipinski definition) is 0. The molecule has 3 rings (SSSR count). The molecule has 2 atom stereocenters. The van der Waals surface area contributed by atoms with Gasteiger partial charge in [0.2, 0.25) is 0 Å². The minimum absolute atomic E-state index is 0.124. The van der Waals surface area contributed by atoms with Crippen molar-refractivity contribution in [3.63, 3.8) is 0 Å². The van der Waals surface area contributed by atoms with Crippen LogP contribution in [0, 0.1) is 23.7 Å². The van der Waals surface area contributed by atoms with Gasteiger partial charge in [0.25, 0.3) is 0 Å². The first-order valence-electron chi connectivity index (χ1n) is 15.8. The summed E-state index contributed by atoms with van der Waals surface area (Å²) in [5, 5.41) is 1.61. The maximum atomic E-state index is 4.08. The van der Waals surface area contributed by atoms with Crippen molar-refractivity contribution in [1.82, 2.24) is 0 Å². The molecule has 0 saturated heterocycles. The molecule has 0 heterocycles. The van der Waals surface area contributed by atoms with Crippen LogP contribution in [0.4, 0.5) is 0 Å². The zero-order valence-electron chi connectivity index (χ0n) is 26.2. The van der Waals surface area contributed by atoms with Crippen molar-refractivity contribution in [3.8, 4) is 11.1 Å². The Labute approximate surface area is 245 Å². The van der Waals surface area contributed by atoms with Gasteiger partial charge < -0.3 is 0 Å². The van der Waals surface area contributed by atoms with Gasteiger partial charge in [-0.05, 0) is 77.7 Å². The quantitative estimate of drug-likeness (QED) is 0.179. The summed E-state index contributed by atoms with van der Waals surface area (Å²) in [7, 11) is -1.41. The van der Waals surface area contributed by atoms with E-state index in [1.165, 1.54) is 79.8 Å². The molecule has 38 heavy (non-hydrogen) atoms. The molecule has 0 fully saturated rings. The van der Waals surface area contributed by atoms with Crippen LogP contribution in [0.2, 0.25) is 19.6 Å². The maximum absolute atomic E-state index is 4.08. The Bertz CT molecular complexity index is 1000. The second-order valence-electron chi connectivity index (χ2n) is 14.7. The van der Waals surface area contributed by atoms with Crippen molar-refractivity contribution in [2.75, 3.05) is 0 Å². The smallest absolute Gasteiger partial charge is 0.0656 e. The molecule has 0 radical (unpaired) electrons. The highest BCUT2D eigenvalue weighted by atomic mass is 79.9. The molecular formula is C36H57BrSi. The molecule has 0 spiro atoms. The molecule has 1 aliphatic carbocycles. The number of hydrogen-bond donors (Lipinski definition) is 0. The van der Waals surface area contributed by atoms with Crippen LogP contribution in [0.5, 0.6) is 0 Å². The third-order valence-electron chi connectivity index (χ3n) is 9.27. The standard InChI is InChI=1S/C36H57BrSi/c1-26(2)13-10-15-28(5)21-23-36(24-22-29(6)16-11-14-27(3)4)33-25-30(38(7,8)9)19-20-31(33)32-17-12-18-34(37)35(32)36/h12,17-20,25-29H,10-11,13-16,21-24H2,1-9H3/t28-,29-/m0/s1. The Kier molecular flexibility index (Phi) is 11.4. The van der Waals surface area contributed by atoms with E-state index in [0.717, 1.165) is 23.7 Å². The zero-order valence-corrected chi connectivity index (χ0v) is 28.8. The van der Waals surface area contributed by atoms with Crippen molar-refractivity contribution in [3.05, 3.63) is 52.0 Å². The second-order valence-corrected chi connectivity index (χ2v) is 20.6. The van der Waals surface area contributed by atoms with E-state index in [1.54, 1.807) is 16.3 Å². The summed E-state index contributed by atoms with van der Waals surface area (Å²) in [4.78, 5) is 0. The maximum Gasteiger partial charge on any atom is 0.0776 e. The van der Waals surface area contributed by atoms with Crippen LogP contribution >= 0.6 is 15.9 Å². The van der Waals surface area contributed by atoms with Gasteiger partial charge in [0.15, 0.2) is 0 Å². The molecule has 2 aromatic rings. The van der Waals surface area contributed by atoms with E-state index in [-0.39, 0.29) is 5.41 Å². The molecule has 212 valence electrons. The molecule has 0 aromatic heterocycles. The van der Waals surface area contributed by atoms with Crippen LogP contribution in [-0.4, -0.2) is 8.07 Å². The summed E-state index contributed by atoms with van der Waals surface area (Å²) < 4.78 is 1.32. The third kappa shape index (κ3) is 7.87. The minimum Gasteiger partial charge on any atom is -0.0656 e. The lowest BCUT2D eigenvalue weighted by molar-refractivity contribution is 0.327. The number of benzene rings is 2. The van der Waals surface area contributed by atoms with E-state index in [1.807, 2.05) is 0 Å². The number of fused-ring (bicyclic) bond motifs is 3. The SMILES string of the molecule is CC(C)CCC[C@H](C)CCC1(CC[C@@H](C)CCCC(C)C)c2cc([Si](C)(C)C)ccc2-c2cccc(Br)c21. The molecule has 0 amide bonds. The molecule has 2 heteroatoms. The van der Waals surface area contributed by atoms with Gasteiger partial charge >= 0.3 is 0 Å². The van der Waals surface area contributed by atoms with Crippen molar-refractivity contribution >= 4 is 29.2 Å². The van der Waals surface area contributed by atoms with Crippen molar-refractivity contribution < 1.29 is 0 Å². The summed E-state index contributed by atoms with van der Waals surface area (Å²) in [6.45, 7) is 22.0. The molecule has 0 aliphatic heterocycles. The summed E-state index contributed by atoms with van der Waals surface area (Å²) in [5.74, 6) is 3.19. The van der Waals surface area contributed by atoms with Crippen LogP contribution in [0.3, 0.4) is 0 Å². The highest BCUT2D eigenvalue weighted by molar-refractivity contribution is 9.10. The predicted octanol–water partition coefficient (Wildman–Crippen LogP) is 11.7. The van der Waals surface area contributed by atoms with Gasteiger partial charge in [0.1, 0.15) is 0 Å². The van der Waals surface area contributed by atoms with E-state index in [2.05, 4.69) is 114 Å². The molecule has 0 saturated carbocycles. The average molecular weight is 598 g/mol. The molecule has 2 aromatic carbocycles. The molecule has 0 unspecified atom stereocenters. The van der Waals surface area contributed by atoms with Gasteiger partial charge in [-0.1, -0.05) is 151 Å². The van der Waals surface area contributed by atoms with Gasteiger partial charge in [-0.3, -0.25) is 0 Å². The van der Waals surface area contributed by atoms with Crippen LogP contribution in [0.1, 0.15) is 117 Å². The van der Waals surface area contributed by atoms with Gasteiger partial charge in [-0.2, -0.15) is 0 Å². The monoisotopic (exact) mass is 596 g/mol. The number of halogens is 1. The highest BCUT2D eigenvalue weighted by Gasteiger charge is 2.44. The summed E-state index contributed by atoms with van der Waals surface area (Å²) in [6, 6.07) is 14.5. The van der Waals surface area contributed by atoms with Gasteiger partial charge in [0, 0.05) is 9.89 Å². The lowest BCUT2D eigenvalue weighted by atomic mass is 9.69. The predicted molar refractivity (Wildman–Crippen MR) is 178 cm³/mol. The fourth-order valence-electron chi connectivity index (χ4n) is 6.68. The van der Waals surface area contributed by atoms with Crippen LogP contribution in [0.15, 0.2) is 40.9 Å². The second kappa shape index (κ2) is 13.7. The van der Waals surface area contributed by atoms with Crippen LogP contribution in [0.25, 0.3) is 11.1 Å². The van der Waals surface area contributed by atoms with E-state index in [4.69, 9.17) is 0 Å². The Morgan fingerprint density at radius 1 is 0.684 bits per heavy atom. The molecule has 0 bridgehead atoms. The van der Waals surface area contributed by atoms with E-state index >= 15 is 0 Å². The Balaban J connectivity index is 1.99. The van der Waals surface area contributed by atoms with Crippen LogP contribution < -0.4 is 5.19 Å². The van der Waals surface area contributed by atoms with E-state index < -0.39 is 8.07 Å². The van der Waals surface area contributed by atoms with Crippen LogP contribution in [-0.2, 0) is 5.41 Å². The van der Waals surface area contributed by atoms with Gasteiger partial charge in [-0.25, -0.2) is 0 Å². The average Bonchev–Trinajstić information content (AvgIpc) is 3.11. The first-order valence-corrected chi connectivity index (χ1v) is 20.1. The normalized spacial score (nSPS) is 16.1. The molecule has 0 nitrogen and oxygen atoms in total. The fourth-order valence-corrected chi connectivity index (χ4v) is 8.59. The van der Waals surface area contributed by atoms with E-state index in [0.29, 0.717) is 0 Å². The first-order chi connectivity index (χ1) is 17.8. The van der Waals surface area contributed by atoms with Gasteiger partial charge in [-0.15, -0.1) is 0 Å². The topological polar surface area (TPSA) is 0 Å². The summed E-state index contributed by atoms with van der Waals surface area (Å²) in [6.07, 6.45) is 13.4. The third-order valence-corrected chi connectivity index (χ3v) is 12.0. The van der Waals surface area contributed by atoms with Crippen molar-refractivity contribution in [2.45, 2.75) is 131 Å².